The van der Waals surface area contributed by atoms with Gasteiger partial charge in [-0.05, 0) is 36.3 Å². The Kier molecular flexibility index (Phi) is 9.58. The van der Waals surface area contributed by atoms with Crippen LogP contribution < -0.4 is 16.0 Å². The number of carbonyl (C=O) groups is 1. The van der Waals surface area contributed by atoms with Crippen LogP contribution in [0.15, 0.2) is 53.5 Å². The standard InChI is InChI=1S/C23H31N5O.HI/c1-4-28(3)16-18-9-7-8-17(12-18)14-25-23(24-2)26-15-19-13-22(29)27-21-11-6-5-10-20(19)21;/h5-12,19H,4,13-16H2,1-3H3,(H,27,29)(H2,24,25,26);1H. The zero-order chi connectivity index (χ0) is 20.6. The van der Waals surface area contributed by atoms with Crippen LogP contribution in [0.5, 0.6) is 0 Å². The average molecular weight is 521 g/mol. The Labute approximate surface area is 196 Å². The van der Waals surface area contributed by atoms with Gasteiger partial charge in [0, 0.05) is 44.7 Å². The number of aliphatic imine (C=N–C) groups is 1. The van der Waals surface area contributed by atoms with Crippen molar-refractivity contribution in [1.29, 1.82) is 0 Å². The van der Waals surface area contributed by atoms with Crippen LogP contribution in [0, 0.1) is 0 Å². The predicted octanol–water partition coefficient (Wildman–Crippen LogP) is 3.55. The fourth-order valence-electron chi connectivity index (χ4n) is 3.57. The molecule has 1 unspecified atom stereocenters. The van der Waals surface area contributed by atoms with Crippen molar-refractivity contribution in [2.75, 3.05) is 32.5 Å². The first-order chi connectivity index (χ1) is 14.1. The SMILES string of the molecule is CCN(C)Cc1cccc(CNC(=NC)NCC2CC(=O)Nc3ccccc32)c1.I. The Balaban J connectivity index is 0.00000320. The van der Waals surface area contributed by atoms with Gasteiger partial charge in [-0.15, -0.1) is 24.0 Å². The van der Waals surface area contributed by atoms with Gasteiger partial charge < -0.3 is 20.9 Å². The Morgan fingerprint density at radius 3 is 2.70 bits per heavy atom. The molecule has 6 nitrogen and oxygen atoms in total. The maximum Gasteiger partial charge on any atom is 0.225 e. The summed E-state index contributed by atoms with van der Waals surface area (Å²) in [6, 6.07) is 16.6. The summed E-state index contributed by atoms with van der Waals surface area (Å²) in [4.78, 5) is 18.6. The molecule has 3 rings (SSSR count). The van der Waals surface area contributed by atoms with Gasteiger partial charge in [0.2, 0.25) is 5.91 Å². The lowest BCUT2D eigenvalue weighted by atomic mass is 9.90. The molecule has 0 spiro atoms. The van der Waals surface area contributed by atoms with Crippen molar-refractivity contribution in [2.24, 2.45) is 4.99 Å². The number of guanidine groups is 1. The molecule has 0 fully saturated rings. The van der Waals surface area contributed by atoms with E-state index in [1.807, 2.05) is 18.2 Å². The maximum atomic E-state index is 12.0. The van der Waals surface area contributed by atoms with E-state index in [2.05, 4.69) is 70.1 Å². The van der Waals surface area contributed by atoms with E-state index >= 15 is 0 Å². The molecule has 2 aromatic rings. The number of fused-ring (bicyclic) bond motifs is 1. The first-order valence-corrected chi connectivity index (χ1v) is 10.2. The summed E-state index contributed by atoms with van der Waals surface area (Å²) in [6.07, 6.45) is 0.480. The van der Waals surface area contributed by atoms with Crippen LogP contribution in [-0.2, 0) is 17.9 Å². The first-order valence-electron chi connectivity index (χ1n) is 10.2. The molecule has 0 saturated carbocycles. The summed E-state index contributed by atoms with van der Waals surface area (Å²) in [5, 5.41) is 9.70. The molecule has 162 valence electrons. The van der Waals surface area contributed by atoms with Gasteiger partial charge in [0.1, 0.15) is 0 Å². The van der Waals surface area contributed by atoms with E-state index in [-0.39, 0.29) is 35.8 Å². The molecule has 2 aromatic carbocycles. The van der Waals surface area contributed by atoms with E-state index in [1.54, 1.807) is 7.05 Å². The Hall–Kier alpha value is -2.13. The van der Waals surface area contributed by atoms with Crippen LogP contribution in [0.4, 0.5) is 5.69 Å². The molecule has 1 aliphatic rings. The van der Waals surface area contributed by atoms with Gasteiger partial charge in [-0.3, -0.25) is 9.79 Å². The molecule has 3 N–H and O–H groups in total. The van der Waals surface area contributed by atoms with E-state index in [4.69, 9.17) is 0 Å². The molecule has 0 bridgehead atoms. The first kappa shape index (κ1) is 24.1. The van der Waals surface area contributed by atoms with Gasteiger partial charge in [0.15, 0.2) is 5.96 Å². The van der Waals surface area contributed by atoms with Gasteiger partial charge in [-0.1, -0.05) is 49.4 Å². The highest BCUT2D eigenvalue weighted by molar-refractivity contribution is 14.0. The van der Waals surface area contributed by atoms with Crippen LogP contribution in [0.25, 0.3) is 0 Å². The van der Waals surface area contributed by atoms with Crippen molar-refractivity contribution in [3.8, 4) is 0 Å². The van der Waals surface area contributed by atoms with E-state index in [9.17, 15) is 4.79 Å². The summed E-state index contributed by atoms with van der Waals surface area (Å²) in [5.74, 6) is 0.934. The second-order valence-electron chi connectivity index (χ2n) is 7.49. The topological polar surface area (TPSA) is 68.8 Å². The highest BCUT2D eigenvalue weighted by Gasteiger charge is 2.24. The minimum atomic E-state index is 0. The van der Waals surface area contributed by atoms with E-state index in [1.165, 1.54) is 16.7 Å². The molecule has 0 saturated heterocycles. The maximum absolute atomic E-state index is 12.0. The summed E-state index contributed by atoms with van der Waals surface area (Å²) in [6.45, 7) is 5.49. The van der Waals surface area contributed by atoms with Crippen molar-refractivity contribution in [2.45, 2.75) is 32.4 Å². The zero-order valence-electron chi connectivity index (χ0n) is 17.9. The molecule has 30 heavy (non-hydrogen) atoms. The number of para-hydroxylation sites is 1. The fraction of sp³-hybridized carbons (Fsp3) is 0.391. The summed E-state index contributed by atoms with van der Waals surface area (Å²) in [7, 11) is 3.89. The van der Waals surface area contributed by atoms with E-state index in [0.29, 0.717) is 19.5 Å². The molecule has 0 radical (unpaired) electrons. The predicted molar refractivity (Wildman–Crippen MR) is 134 cm³/mol. The lowest BCUT2D eigenvalue weighted by Gasteiger charge is -2.26. The third-order valence-corrected chi connectivity index (χ3v) is 5.29. The Bertz CT molecular complexity index is 870. The van der Waals surface area contributed by atoms with Gasteiger partial charge in [0.25, 0.3) is 0 Å². The minimum Gasteiger partial charge on any atom is -0.356 e. The molecule has 1 atom stereocenters. The number of nitrogens with zero attached hydrogens (tertiary/aromatic N) is 2. The molecular weight excluding hydrogens is 489 g/mol. The highest BCUT2D eigenvalue weighted by atomic mass is 127. The molecule has 0 aliphatic carbocycles. The van der Waals surface area contributed by atoms with E-state index in [0.717, 1.165) is 24.7 Å². The van der Waals surface area contributed by atoms with Gasteiger partial charge in [0.05, 0.1) is 0 Å². The van der Waals surface area contributed by atoms with Crippen LogP contribution in [0.1, 0.15) is 36.0 Å². The molecule has 7 heteroatoms. The third kappa shape index (κ3) is 6.70. The second kappa shape index (κ2) is 11.9. The van der Waals surface area contributed by atoms with Crippen molar-refractivity contribution in [3.63, 3.8) is 0 Å². The molecule has 1 aliphatic heterocycles. The average Bonchev–Trinajstić information content (AvgIpc) is 2.73. The lowest BCUT2D eigenvalue weighted by Crippen LogP contribution is -2.40. The molecular formula is C23H32IN5O. The van der Waals surface area contributed by atoms with E-state index < -0.39 is 0 Å². The van der Waals surface area contributed by atoms with Crippen molar-refractivity contribution >= 4 is 41.5 Å². The zero-order valence-corrected chi connectivity index (χ0v) is 20.3. The monoisotopic (exact) mass is 521 g/mol. The second-order valence-corrected chi connectivity index (χ2v) is 7.49. The number of hydrogen-bond donors (Lipinski definition) is 3. The summed E-state index contributed by atoms with van der Waals surface area (Å²) in [5.41, 5.74) is 4.61. The quantitative estimate of drug-likeness (QED) is 0.296. The van der Waals surface area contributed by atoms with Crippen molar-refractivity contribution < 1.29 is 4.79 Å². The molecule has 1 heterocycles. The smallest absolute Gasteiger partial charge is 0.225 e. The molecule has 0 aromatic heterocycles. The number of hydrogen-bond acceptors (Lipinski definition) is 3. The normalized spacial score (nSPS) is 15.8. The fourth-order valence-corrected chi connectivity index (χ4v) is 3.57. The number of benzene rings is 2. The number of nitrogens with one attached hydrogen (secondary N) is 3. The van der Waals surface area contributed by atoms with Gasteiger partial charge in [-0.2, -0.15) is 0 Å². The Morgan fingerprint density at radius 2 is 1.93 bits per heavy atom. The summed E-state index contributed by atoms with van der Waals surface area (Å²) >= 11 is 0. The third-order valence-electron chi connectivity index (χ3n) is 5.29. The van der Waals surface area contributed by atoms with Crippen molar-refractivity contribution in [1.82, 2.24) is 15.5 Å². The number of amides is 1. The van der Waals surface area contributed by atoms with Crippen LogP contribution in [-0.4, -0.2) is 44.0 Å². The van der Waals surface area contributed by atoms with Crippen LogP contribution in [0.2, 0.25) is 0 Å². The number of carbonyl (C=O) groups excluding carboxylic acids is 1. The summed E-state index contributed by atoms with van der Waals surface area (Å²) < 4.78 is 0. The Morgan fingerprint density at radius 1 is 1.17 bits per heavy atom. The number of halogens is 1. The number of rotatable bonds is 7. The lowest BCUT2D eigenvalue weighted by molar-refractivity contribution is -0.116. The van der Waals surface area contributed by atoms with Crippen LogP contribution in [0.3, 0.4) is 0 Å². The largest absolute Gasteiger partial charge is 0.356 e. The minimum absolute atomic E-state index is 0. The number of anilines is 1. The van der Waals surface area contributed by atoms with Crippen molar-refractivity contribution in [3.05, 3.63) is 65.2 Å². The molecule has 1 amide bonds. The van der Waals surface area contributed by atoms with Gasteiger partial charge >= 0.3 is 0 Å². The van der Waals surface area contributed by atoms with Gasteiger partial charge in [-0.25, -0.2) is 0 Å². The highest BCUT2D eigenvalue weighted by Crippen LogP contribution is 2.31. The van der Waals surface area contributed by atoms with Crippen LogP contribution >= 0.6 is 24.0 Å².